The van der Waals surface area contributed by atoms with Crippen LogP contribution in [0.25, 0.3) is 0 Å². The number of nitrogens with one attached hydrogen (secondary N) is 1. The first-order chi connectivity index (χ1) is 9.40. The fraction of sp³-hybridized carbons (Fsp3) is 0.538. The van der Waals surface area contributed by atoms with Gasteiger partial charge in [-0.15, -0.1) is 0 Å². The molecule has 0 saturated carbocycles. The van der Waals surface area contributed by atoms with Crippen LogP contribution in [0.4, 0.5) is 5.69 Å². The standard InChI is InChI=1S/C13H22ClN3O2S/c1-3-17(4-2)9-5-8-16-20(18,19)13-7-6-11(15)10-12(13)14/h6-7,10,16H,3-5,8-9,15H2,1-2H3. The molecule has 114 valence electrons. The van der Waals surface area contributed by atoms with Crippen LogP contribution < -0.4 is 10.5 Å². The number of rotatable bonds is 8. The average Bonchev–Trinajstić information content (AvgIpc) is 2.38. The summed E-state index contributed by atoms with van der Waals surface area (Å²) in [5.41, 5.74) is 5.99. The first kappa shape index (κ1) is 17.2. The van der Waals surface area contributed by atoms with E-state index in [9.17, 15) is 8.42 Å². The van der Waals surface area contributed by atoms with E-state index >= 15 is 0 Å². The van der Waals surface area contributed by atoms with Crippen LogP contribution in [0.3, 0.4) is 0 Å². The molecule has 3 N–H and O–H groups in total. The van der Waals surface area contributed by atoms with Crippen LogP contribution in [-0.2, 0) is 10.0 Å². The SMILES string of the molecule is CCN(CC)CCCNS(=O)(=O)c1ccc(N)cc1Cl. The predicted octanol–water partition coefficient (Wildman–Crippen LogP) is 1.93. The molecule has 1 aromatic carbocycles. The molecule has 0 atom stereocenters. The minimum absolute atomic E-state index is 0.0659. The van der Waals surface area contributed by atoms with E-state index in [1.807, 2.05) is 0 Å². The van der Waals surface area contributed by atoms with E-state index in [4.69, 9.17) is 17.3 Å². The van der Waals surface area contributed by atoms with Gasteiger partial charge in [0.1, 0.15) is 4.90 Å². The van der Waals surface area contributed by atoms with Crippen LogP contribution in [0.5, 0.6) is 0 Å². The summed E-state index contributed by atoms with van der Waals surface area (Å²) < 4.78 is 26.8. The summed E-state index contributed by atoms with van der Waals surface area (Å²) in [5.74, 6) is 0. The van der Waals surface area contributed by atoms with Gasteiger partial charge in [-0.25, -0.2) is 13.1 Å². The zero-order valence-corrected chi connectivity index (χ0v) is 13.5. The van der Waals surface area contributed by atoms with E-state index in [1.54, 1.807) is 0 Å². The van der Waals surface area contributed by atoms with Crippen molar-refractivity contribution in [3.05, 3.63) is 23.2 Å². The third-order valence-electron chi connectivity index (χ3n) is 3.08. The fourth-order valence-corrected chi connectivity index (χ4v) is 3.49. The minimum atomic E-state index is -3.58. The van der Waals surface area contributed by atoms with Crippen LogP contribution in [0.1, 0.15) is 20.3 Å². The summed E-state index contributed by atoms with van der Waals surface area (Å²) in [4.78, 5) is 2.31. The van der Waals surface area contributed by atoms with Crippen LogP contribution in [-0.4, -0.2) is 39.5 Å². The van der Waals surface area contributed by atoms with Gasteiger partial charge < -0.3 is 10.6 Å². The normalized spacial score (nSPS) is 12.0. The molecule has 0 saturated heterocycles. The third-order valence-corrected chi connectivity index (χ3v) is 5.03. The maximum absolute atomic E-state index is 12.1. The van der Waals surface area contributed by atoms with Crippen molar-refractivity contribution in [2.75, 3.05) is 31.9 Å². The molecule has 1 rings (SSSR count). The van der Waals surface area contributed by atoms with Gasteiger partial charge in [0, 0.05) is 12.2 Å². The van der Waals surface area contributed by atoms with Crippen molar-refractivity contribution in [3.63, 3.8) is 0 Å². The molecule has 0 amide bonds. The summed E-state index contributed by atoms with van der Waals surface area (Å²) in [7, 11) is -3.58. The lowest BCUT2D eigenvalue weighted by molar-refractivity contribution is 0.300. The van der Waals surface area contributed by atoms with Gasteiger partial charge in [-0.1, -0.05) is 25.4 Å². The monoisotopic (exact) mass is 319 g/mol. The molecule has 0 spiro atoms. The molecule has 0 radical (unpaired) electrons. The molecule has 20 heavy (non-hydrogen) atoms. The summed E-state index contributed by atoms with van der Waals surface area (Å²) >= 11 is 5.91. The number of sulfonamides is 1. The lowest BCUT2D eigenvalue weighted by Crippen LogP contribution is -2.30. The van der Waals surface area contributed by atoms with Gasteiger partial charge in [-0.2, -0.15) is 0 Å². The highest BCUT2D eigenvalue weighted by Crippen LogP contribution is 2.23. The number of hydrogen-bond donors (Lipinski definition) is 2. The van der Waals surface area contributed by atoms with Gasteiger partial charge in [0.05, 0.1) is 5.02 Å². The van der Waals surface area contributed by atoms with Crippen molar-refractivity contribution in [3.8, 4) is 0 Å². The van der Waals surface area contributed by atoms with E-state index in [0.29, 0.717) is 12.2 Å². The van der Waals surface area contributed by atoms with Crippen molar-refractivity contribution >= 4 is 27.3 Å². The molecular weight excluding hydrogens is 298 g/mol. The smallest absolute Gasteiger partial charge is 0.242 e. The van der Waals surface area contributed by atoms with Gasteiger partial charge >= 0.3 is 0 Å². The first-order valence-electron chi connectivity index (χ1n) is 6.67. The Labute approximate surface area is 126 Å². The number of benzene rings is 1. The van der Waals surface area contributed by atoms with Gasteiger partial charge in [-0.3, -0.25) is 0 Å². The predicted molar refractivity (Wildman–Crippen MR) is 83.5 cm³/mol. The van der Waals surface area contributed by atoms with Crippen molar-refractivity contribution in [1.82, 2.24) is 9.62 Å². The number of hydrogen-bond acceptors (Lipinski definition) is 4. The van der Waals surface area contributed by atoms with Gasteiger partial charge in [0.25, 0.3) is 0 Å². The molecule has 0 bridgehead atoms. The van der Waals surface area contributed by atoms with E-state index in [-0.39, 0.29) is 9.92 Å². The number of anilines is 1. The second-order valence-corrected chi connectivity index (χ2v) is 6.61. The van der Waals surface area contributed by atoms with Gasteiger partial charge in [0.15, 0.2) is 0 Å². The molecular formula is C13H22ClN3O2S. The van der Waals surface area contributed by atoms with Crippen molar-refractivity contribution in [2.24, 2.45) is 0 Å². The van der Waals surface area contributed by atoms with Gasteiger partial charge in [-0.05, 0) is 44.3 Å². The Morgan fingerprint density at radius 3 is 2.50 bits per heavy atom. The molecule has 5 nitrogen and oxygen atoms in total. The van der Waals surface area contributed by atoms with E-state index in [0.717, 1.165) is 26.1 Å². The molecule has 0 aliphatic carbocycles. The maximum atomic E-state index is 12.1. The first-order valence-corrected chi connectivity index (χ1v) is 8.53. The Hall–Kier alpha value is -0.820. The largest absolute Gasteiger partial charge is 0.399 e. The Kier molecular flexibility index (Phi) is 6.75. The van der Waals surface area contributed by atoms with Crippen LogP contribution >= 0.6 is 11.6 Å². The Bertz CT molecular complexity index is 530. The van der Waals surface area contributed by atoms with E-state index < -0.39 is 10.0 Å². The number of halogens is 1. The molecule has 0 aliphatic rings. The highest BCUT2D eigenvalue weighted by molar-refractivity contribution is 7.89. The molecule has 0 aromatic heterocycles. The molecule has 0 aliphatic heterocycles. The summed E-state index contributed by atoms with van der Waals surface area (Å²) in [6.45, 7) is 7.36. The number of nitrogens with zero attached hydrogens (tertiary/aromatic N) is 1. The average molecular weight is 320 g/mol. The summed E-state index contributed by atoms with van der Waals surface area (Å²) in [5, 5.41) is 0.140. The molecule has 0 heterocycles. The fourth-order valence-electron chi connectivity index (χ4n) is 1.86. The van der Waals surface area contributed by atoms with Crippen molar-refractivity contribution in [1.29, 1.82) is 0 Å². The van der Waals surface area contributed by atoms with Crippen molar-refractivity contribution in [2.45, 2.75) is 25.2 Å². The molecule has 1 aromatic rings. The molecule has 7 heteroatoms. The quantitative estimate of drug-likeness (QED) is 0.567. The lowest BCUT2D eigenvalue weighted by atomic mass is 10.3. The Morgan fingerprint density at radius 1 is 1.30 bits per heavy atom. The third kappa shape index (κ3) is 4.94. The minimum Gasteiger partial charge on any atom is -0.399 e. The Morgan fingerprint density at radius 2 is 1.95 bits per heavy atom. The zero-order valence-electron chi connectivity index (χ0n) is 11.9. The van der Waals surface area contributed by atoms with Crippen LogP contribution in [0.2, 0.25) is 5.02 Å². The highest BCUT2D eigenvalue weighted by atomic mass is 35.5. The summed E-state index contributed by atoms with van der Waals surface area (Å²) in [6.07, 6.45) is 0.757. The van der Waals surface area contributed by atoms with Crippen molar-refractivity contribution < 1.29 is 8.42 Å². The topological polar surface area (TPSA) is 75.4 Å². The second-order valence-electron chi connectivity index (χ2n) is 4.47. The second kappa shape index (κ2) is 7.83. The Balaban J connectivity index is 2.58. The lowest BCUT2D eigenvalue weighted by Gasteiger charge is -2.17. The van der Waals surface area contributed by atoms with Gasteiger partial charge in [0.2, 0.25) is 10.0 Å². The van der Waals surface area contributed by atoms with E-state index in [2.05, 4.69) is 23.5 Å². The van der Waals surface area contributed by atoms with Crippen LogP contribution in [0, 0.1) is 0 Å². The molecule has 0 fully saturated rings. The maximum Gasteiger partial charge on any atom is 0.242 e. The number of nitrogens with two attached hydrogens (primary N) is 1. The highest BCUT2D eigenvalue weighted by Gasteiger charge is 2.17. The van der Waals surface area contributed by atoms with Crippen LogP contribution in [0.15, 0.2) is 23.1 Å². The molecule has 0 unspecified atom stereocenters. The zero-order chi connectivity index (χ0) is 15.2. The van der Waals surface area contributed by atoms with E-state index in [1.165, 1.54) is 18.2 Å². The summed E-state index contributed by atoms with van der Waals surface area (Å²) in [6, 6.07) is 4.38. The number of nitrogen functional groups attached to an aromatic ring is 1.